The zero-order chi connectivity index (χ0) is 13.0. The largest absolute Gasteiger partial charge is 0.467 e. The quantitative estimate of drug-likeness (QED) is 0.806. The summed E-state index contributed by atoms with van der Waals surface area (Å²) >= 11 is 5.97. The lowest BCUT2D eigenvalue weighted by Crippen LogP contribution is -2.35. The lowest BCUT2D eigenvalue weighted by Gasteiger charge is -2.20. The highest BCUT2D eigenvalue weighted by Gasteiger charge is 2.23. The fourth-order valence-corrected chi connectivity index (χ4v) is 1.56. The highest BCUT2D eigenvalue weighted by Crippen LogP contribution is 2.23. The summed E-state index contributed by atoms with van der Waals surface area (Å²) in [6.45, 7) is 3.81. The van der Waals surface area contributed by atoms with Crippen LogP contribution in [0.2, 0.25) is 5.02 Å². The van der Waals surface area contributed by atoms with Gasteiger partial charge in [0, 0.05) is 0 Å². The second kappa shape index (κ2) is 5.72. The molecule has 94 valence electrons. The first-order chi connectivity index (χ1) is 7.95. The first kappa shape index (κ1) is 13.6. The van der Waals surface area contributed by atoms with Crippen LogP contribution in [0.15, 0.2) is 12.3 Å². The molecule has 0 aliphatic rings. The third kappa shape index (κ3) is 3.49. The number of nitrogens with zero attached hydrogens (tertiary/aromatic N) is 1. The van der Waals surface area contributed by atoms with Gasteiger partial charge in [-0.3, -0.25) is 0 Å². The third-order valence-electron chi connectivity index (χ3n) is 2.28. The van der Waals surface area contributed by atoms with Crippen LogP contribution in [0.1, 0.15) is 13.8 Å². The minimum absolute atomic E-state index is 0.0536. The number of carbonyl (C=O) groups excluding carboxylic acids is 1. The third-order valence-corrected chi connectivity index (χ3v) is 2.56. The van der Waals surface area contributed by atoms with Gasteiger partial charge in [-0.05, 0) is 12.0 Å². The summed E-state index contributed by atoms with van der Waals surface area (Å²) in [5, 5.41) is 3.33. The van der Waals surface area contributed by atoms with Crippen LogP contribution < -0.4 is 11.1 Å². The predicted octanol–water partition coefficient (Wildman–Crippen LogP) is 1.93. The second-order valence-electron chi connectivity index (χ2n) is 3.99. The molecule has 1 atom stereocenters. The minimum atomic E-state index is -0.492. The number of esters is 1. The van der Waals surface area contributed by atoms with Crippen LogP contribution in [-0.4, -0.2) is 24.1 Å². The van der Waals surface area contributed by atoms with Crippen molar-refractivity contribution in [2.45, 2.75) is 19.9 Å². The van der Waals surface area contributed by atoms with Crippen LogP contribution in [0.4, 0.5) is 11.5 Å². The van der Waals surface area contributed by atoms with E-state index >= 15 is 0 Å². The number of anilines is 2. The molecule has 0 aliphatic carbocycles. The van der Waals surface area contributed by atoms with Gasteiger partial charge in [-0.1, -0.05) is 25.4 Å². The molecule has 1 aromatic rings. The van der Waals surface area contributed by atoms with Crippen molar-refractivity contribution in [3.05, 3.63) is 17.3 Å². The number of pyridine rings is 1. The Hall–Kier alpha value is -1.49. The molecule has 1 aromatic heterocycles. The average molecular weight is 258 g/mol. The summed E-state index contributed by atoms with van der Waals surface area (Å²) in [4.78, 5) is 15.6. The monoisotopic (exact) mass is 257 g/mol. The van der Waals surface area contributed by atoms with E-state index in [2.05, 4.69) is 10.3 Å². The van der Waals surface area contributed by atoms with Crippen molar-refractivity contribution >= 4 is 29.1 Å². The van der Waals surface area contributed by atoms with E-state index in [0.29, 0.717) is 16.5 Å². The standard InChI is InChI=1S/C11H16ClN3O2/c1-6(2)9(11(16)17-3)15-10-8(12)4-7(13)5-14-10/h4-6,9H,13H2,1-3H3,(H,14,15). The maximum atomic E-state index is 11.6. The molecule has 0 fully saturated rings. The van der Waals surface area contributed by atoms with Crippen LogP contribution in [0.25, 0.3) is 0 Å². The number of carbonyl (C=O) groups is 1. The Morgan fingerprint density at radius 3 is 2.71 bits per heavy atom. The summed E-state index contributed by atoms with van der Waals surface area (Å²) in [6, 6.07) is 1.08. The minimum Gasteiger partial charge on any atom is -0.467 e. The molecule has 0 saturated heterocycles. The van der Waals surface area contributed by atoms with E-state index in [1.165, 1.54) is 13.3 Å². The molecule has 0 aliphatic heterocycles. The van der Waals surface area contributed by atoms with Crippen LogP contribution in [0.5, 0.6) is 0 Å². The molecule has 5 nitrogen and oxygen atoms in total. The van der Waals surface area contributed by atoms with E-state index in [0.717, 1.165) is 0 Å². The molecular weight excluding hydrogens is 242 g/mol. The Labute approximate surface area is 105 Å². The second-order valence-corrected chi connectivity index (χ2v) is 4.40. The summed E-state index contributed by atoms with van der Waals surface area (Å²) in [6.07, 6.45) is 1.48. The number of nitrogens with two attached hydrogens (primary N) is 1. The molecule has 17 heavy (non-hydrogen) atoms. The SMILES string of the molecule is COC(=O)C(Nc1ncc(N)cc1Cl)C(C)C. The maximum absolute atomic E-state index is 11.6. The van der Waals surface area contributed by atoms with Gasteiger partial charge in [-0.2, -0.15) is 0 Å². The van der Waals surface area contributed by atoms with E-state index in [9.17, 15) is 4.79 Å². The Morgan fingerprint density at radius 2 is 2.24 bits per heavy atom. The van der Waals surface area contributed by atoms with Crippen molar-refractivity contribution in [2.24, 2.45) is 5.92 Å². The van der Waals surface area contributed by atoms with Gasteiger partial charge in [0.25, 0.3) is 0 Å². The molecule has 6 heteroatoms. The van der Waals surface area contributed by atoms with Crippen molar-refractivity contribution in [1.29, 1.82) is 0 Å². The highest BCUT2D eigenvalue weighted by molar-refractivity contribution is 6.33. The van der Waals surface area contributed by atoms with Crippen LogP contribution in [0.3, 0.4) is 0 Å². The zero-order valence-electron chi connectivity index (χ0n) is 10.0. The molecule has 1 rings (SSSR count). The van der Waals surface area contributed by atoms with Gasteiger partial charge in [0.05, 0.1) is 24.0 Å². The number of methoxy groups -OCH3 is 1. The average Bonchev–Trinajstić information content (AvgIpc) is 2.26. The normalized spacial score (nSPS) is 12.3. The van der Waals surface area contributed by atoms with Gasteiger partial charge in [0.2, 0.25) is 0 Å². The molecule has 1 heterocycles. The van der Waals surface area contributed by atoms with Gasteiger partial charge in [-0.25, -0.2) is 9.78 Å². The van der Waals surface area contributed by atoms with E-state index in [-0.39, 0.29) is 11.9 Å². The fraction of sp³-hybridized carbons (Fsp3) is 0.455. The molecule has 0 saturated carbocycles. The van der Waals surface area contributed by atoms with Gasteiger partial charge in [0.1, 0.15) is 11.9 Å². The molecule has 0 amide bonds. The summed E-state index contributed by atoms with van der Waals surface area (Å²) in [5.74, 6) is 0.123. The predicted molar refractivity (Wildman–Crippen MR) is 67.9 cm³/mol. The Bertz CT molecular complexity index is 410. The van der Waals surface area contributed by atoms with E-state index in [1.807, 2.05) is 13.8 Å². The van der Waals surface area contributed by atoms with E-state index < -0.39 is 6.04 Å². The van der Waals surface area contributed by atoms with Crippen molar-refractivity contribution < 1.29 is 9.53 Å². The molecule has 0 aromatic carbocycles. The van der Waals surface area contributed by atoms with Crippen molar-refractivity contribution in [2.75, 3.05) is 18.2 Å². The van der Waals surface area contributed by atoms with Gasteiger partial charge in [0.15, 0.2) is 0 Å². The van der Waals surface area contributed by atoms with Gasteiger partial charge in [-0.15, -0.1) is 0 Å². The number of rotatable bonds is 4. The first-order valence-electron chi connectivity index (χ1n) is 5.21. The lowest BCUT2D eigenvalue weighted by atomic mass is 10.0. The van der Waals surface area contributed by atoms with Crippen molar-refractivity contribution in [3.63, 3.8) is 0 Å². The Morgan fingerprint density at radius 1 is 1.59 bits per heavy atom. The van der Waals surface area contributed by atoms with Crippen LogP contribution >= 0.6 is 11.6 Å². The summed E-state index contributed by atoms with van der Waals surface area (Å²) < 4.78 is 4.71. The molecule has 0 radical (unpaired) electrons. The summed E-state index contributed by atoms with van der Waals surface area (Å²) in [5.41, 5.74) is 6.01. The number of hydrogen-bond donors (Lipinski definition) is 2. The molecule has 1 unspecified atom stereocenters. The van der Waals surface area contributed by atoms with E-state index in [4.69, 9.17) is 22.1 Å². The number of aromatic nitrogens is 1. The maximum Gasteiger partial charge on any atom is 0.328 e. The Balaban J connectivity index is 2.90. The van der Waals surface area contributed by atoms with Crippen LogP contribution in [0, 0.1) is 5.92 Å². The first-order valence-corrected chi connectivity index (χ1v) is 5.59. The molecular formula is C11H16ClN3O2. The van der Waals surface area contributed by atoms with Gasteiger partial charge < -0.3 is 15.8 Å². The molecule has 0 spiro atoms. The molecule has 3 N–H and O–H groups in total. The van der Waals surface area contributed by atoms with Crippen molar-refractivity contribution in [3.8, 4) is 0 Å². The van der Waals surface area contributed by atoms with E-state index in [1.54, 1.807) is 6.07 Å². The fourth-order valence-electron chi connectivity index (χ4n) is 1.33. The number of halogens is 1. The summed E-state index contributed by atoms with van der Waals surface area (Å²) in [7, 11) is 1.34. The number of nitrogen functional groups attached to an aromatic ring is 1. The number of nitrogens with one attached hydrogen (secondary N) is 1. The zero-order valence-corrected chi connectivity index (χ0v) is 10.8. The Kier molecular flexibility index (Phi) is 4.57. The highest BCUT2D eigenvalue weighted by atomic mass is 35.5. The lowest BCUT2D eigenvalue weighted by molar-refractivity contribution is -0.142. The number of ether oxygens (including phenoxy) is 1. The topological polar surface area (TPSA) is 77.2 Å². The molecule has 0 bridgehead atoms. The number of hydrogen-bond acceptors (Lipinski definition) is 5. The van der Waals surface area contributed by atoms with Gasteiger partial charge >= 0.3 is 5.97 Å². The smallest absolute Gasteiger partial charge is 0.328 e. The van der Waals surface area contributed by atoms with Crippen LogP contribution in [-0.2, 0) is 9.53 Å². The van der Waals surface area contributed by atoms with Crippen molar-refractivity contribution in [1.82, 2.24) is 4.98 Å².